The molecule has 0 spiro atoms. The van der Waals surface area contributed by atoms with Crippen molar-refractivity contribution >= 4 is 32.8 Å². The number of urea groups is 1. The highest BCUT2D eigenvalue weighted by Gasteiger charge is 2.20. The summed E-state index contributed by atoms with van der Waals surface area (Å²) >= 11 is 1.30. The number of aromatic nitrogens is 4. The molecule has 4 heterocycles. The lowest BCUT2D eigenvalue weighted by atomic mass is 10.1. The Kier molecular flexibility index (Phi) is 5.58. The maximum Gasteiger partial charge on any atom is 0.321 e. The van der Waals surface area contributed by atoms with Crippen LogP contribution >= 0.6 is 11.3 Å². The summed E-state index contributed by atoms with van der Waals surface area (Å²) < 4.78 is 11.5. The van der Waals surface area contributed by atoms with E-state index in [0.29, 0.717) is 47.0 Å². The number of nitrogens with zero attached hydrogens (tertiary/aromatic N) is 4. The first-order valence-electron chi connectivity index (χ1n) is 9.05. The summed E-state index contributed by atoms with van der Waals surface area (Å²) in [4.78, 5) is 29.7. The third-order valence-electron chi connectivity index (χ3n) is 4.26. The lowest BCUT2D eigenvalue weighted by Crippen LogP contribution is -2.28. The average Bonchev–Trinajstić information content (AvgIpc) is 3.35. The molecular formula is C18H20N6O3S. The van der Waals surface area contributed by atoms with Crippen molar-refractivity contribution in [3.63, 3.8) is 0 Å². The van der Waals surface area contributed by atoms with Gasteiger partial charge in [-0.05, 0) is 19.4 Å². The number of pyridine rings is 1. The van der Waals surface area contributed by atoms with Crippen LogP contribution in [0.4, 0.5) is 9.93 Å². The van der Waals surface area contributed by atoms with E-state index in [1.54, 1.807) is 12.4 Å². The molecule has 0 unspecified atom stereocenters. The van der Waals surface area contributed by atoms with Crippen LogP contribution in [0.5, 0.6) is 5.88 Å². The smallest absolute Gasteiger partial charge is 0.321 e. The second-order valence-corrected chi connectivity index (χ2v) is 7.31. The van der Waals surface area contributed by atoms with E-state index in [0.717, 1.165) is 24.2 Å². The molecular weight excluding hydrogens is 380 g/mol. The van der Waals surface area contributed by atoms with Gasteiger partial charge in [0.1, 0.15) is 16.7 Å². The number of hydrogen-bond donors (Lipinski definition) is 2. The molecule has 4 rings (SSSR count). The standard InChI is InChI=1S/C18H20N6O3S/c1-2-21-17(25)24-18-22-14-5-13(12-6-19-10-20-7-12)15(23-16(14)28-18)27-9-11-3-4-26-8-11/h5-7,10-11H,2-4,8-9H2,1H3,(H2,21,22,24,25)/t11-/m1/s1. The minimum absolute atomic E-state index is 0.295. The van der Waals surface area contributed by atoms with Crippen LogP contribution in [-0.4, -0.2) is 52.3 Å². The molecule has 1 fully saturated rings. The number of thiazole rings is 1. The molecule has 3 aromatic rings. The number of rotatable bonds is 6. The van der Waals surface area contributed by atoms with E-state index in [-0.39, 0.29) is 6.03 Å². The molecule has 28 heavy (non-hydrogen) atoms. The maximum atomic E-state index is 11.8. The highest BCUT2D eigenvalue weighted by molar-refractivity contribution is 7.22. The third kappa shape index (κ3) is 4.18. The number of hydrogen-bond acceptors (Lipinski definition) is 8. The molecule has 2 amide bonds. The molecule has 0 saturated carbocycles. The number of anilines is 1. The van der Waals surface area contributed by atoms with Gasteiger partial charge in [0.15, 0.2) is 5.13 Å². The van der Waals surface area contributed by atoms with Crippen LogP contribution in [0.25, 0.3) is 21.5 Å². The van der Waals surface area contributed by atoms with Crippen molar-refractivity contribution in [3.8, 4) is 17.0 Å². The summed E-state index contributed by atoms with van der Waals surface area (Å²) in [6.07, 6.45) is 5.87. The van der Waals surface area contributed by atoms with E-state index in [4.69, 9.17) is 9.47 Å². The van der Waals surface area contributed by atoms with Crippen molar-refractivity contribution in [2.75, 3.05) is 31.7 Å². The largest absolute Gasteiger partial charge is 0.477 e. The normalized spacial score (nSPS) is 16.2. The number of amides is 2. The summed E-state index contributed by atoms with van der Waals surface area (Å²) in [5.74, 6) is 0.858. The van der Waals surface area contributed by atoms with Crippen LogP contribution in [0.3, 0.4) is 0 Å². The molecule has 0 radical (unpaired) electrons. The van der Waals surface area contributed by atoms with Gasteiger partial charge in [-0.15, -0.1) is 0 Å². The minimum atomic E-state index is -0.295. The SMILES string of the molecule is CCNC(=O)Nc1nc2cc(-c3cncnc3)c(OC[C@@H]3CCOC3)nc2s1. The van der Waals surface area contributed by atoms with E-state index in [1.165, 1.54) is 17.7 Å². The van der Waals surface area contributed by atoms with Crippen molar-refractivity contribution in [2.24, 2.45) is 5.92 Å². The Labute approximate surface area is 165 Å². The van der Waals surface area contributed by atoms with Gasteiger partial charge in [-0.2, -0.15) is 0 Å². The second-order valence-electron chi connectivity index (χ2n) is 6.34. The van der Waals surface area contributed by atoms with Crippen molar-refractivity contribution in [1.29, 1.82) is 0 Å². The zero-order valence-electron chi connectivity index (χ0n) is 15.3. The van der Waals surface area contributed by atoms with E-state index < -0.39 is 0 Å². The minimum Gasteiger partial charge on any atom is -0.477 e. The van der Waals surface area contributed by atoms with Crippen LogP contribution in [0.2, 0.25) is 0 Å². The summed E-state index contributed by atoms with van der Waals surface area (Å²) in [6.45, 7) is 4.39. The number of nitrogens with one attached hydrogen (secondary N) is 2. The molecule has 1 atom stereocenters. The first kappa shape index (κ1) is 18.5. The number of carbonyl (C=O) groups excluding carboxylic acids is 1. The molecule has 0 aliphatic carbocycles. The van der Waals surface area contributed by atoms with Gasteiger partial charge in [-0.1, -0.05) is 11.3 Å². The van der Waals surface area contributed by atoms with Crippen molar-refractivity contribution in [3.05, 3.63) is 24.8 Å². The van der Waals surface area contributed by atoms with E-state index in [1.807, 2.05) is 13.0 Å². The van der Waals surface area contributed by atoms with Crippen LogP contribution in [-0.2, 0) is 4.74 Å². The summed E-state index contributed by atoms with van der Waals surface area (Å²) in [5.41, 5.74) is 2.23. The van der Waals surface area contributed by atoms with Gasteiger partial charge in [-0.3, -0.25) is 5.32 Å². The predicted octanol–water partition coefficient (Wildman–Crippen LogP) is 2.71. The Hall–Kier alpha value is -2.85. The second kappa shape index (κ2) is 8.44. The van der Waals surface area contributed by atoms with Crippen molar-refractivity contribution in [1.82, 2.24) is 25.3 Å². The summed E-state index contributed by atoms with van der Waals surface area (Å²) in [6, 6.07) is 1.59. The first-order valence-corrected chi connectivity index (χ1v) is 9.87. The molecule has 0 aromatic carbocycles. The van der Waals surface area contributed by atoms with E-state index in [9.17, 15) is 4.79 Å². The fraction of sp³-hybridized carbons (Fsp3) is 0.389. The van der Waals surface area contributed by atoms with Crippen LogP contribution in [0.1, 0.15) is 13.3 Å². The molecule has 1 aliphatic rings. The number of ether oxygens (including phenoxy) is 2. The molecule has 10 heteroatoms. The lowest BCUT2D eigenvalue weighted by Gasteiger charge is -2.13. The molecule has 2 N–H and O–H groups in total. The Morgan fingerprint density at radius 3 is 2.96 bits per heavy atom. The average molecular weight is 400 g/mol. The quantitative estimate of drug-likeness (QED) is 0.654. The topological polar surface area (TPSA) is 111 Å². The molecule has 1 aliphatic heterocycles. The summed E-state index contributed by atoms with van der Waals surface area (Å²) in [7, 11) is 0. The highest BCUT2D eigenvalue weighted by Crippen LogP contribution is 2.34. The highest BCUT2D eigenvalue weighted by atomic mass is 32.1. The van der Waals surface area contributed by atoms with Gasteiger partial charge in [0.05, 0.1) is 13.2 Å². The van der Waals surface area contributed by atoms with Crippen LogP contribution in [0.15, 0.2) is 24.8 Å². The molecule has 9 nitrogen and oxygen atoms in total. The lowest BCUT2D eigenvalue weighted by molar-refractivity contribution is 0.166. The van der Waals surface area contributed by atoms with E-state index >= 15 is 0 Å². The maximum absolute atomic E-state index is 11.8. The third-order valence-corrected chi connectivity index (χ3v) is 5.14. The number of carbonyl (C=O) groups is 1. The van der Waals surface area contributed by atoms with Crippen LogP contribution < -0.4 is 15.4 Å². The molecule has 1 saturated heterocycles. The number of fused-ring (bicyclic) bond motifs is 1. The predicted molar refractivity (Wildman–Crippen MR) is 106 cm³/mol. The van der Waals surface area contributed by atoms with Gasteiger partial charge in [0.2, 0.25) is 5.88 Å². The summed E-state index contributed by atoms with van der Waals surface area (Å²) in [5, 5.41) is 5.88. The Morgan fingerprint density at radius 1 is 1.36 bits per heavy atom. The molecule has 146 valence electrons. The zero-order valence-corrected chi connectivity index (χ0v) is 16.2. The van der Waals surface area contributed by atoms with Crippen molar-refractivity contribution < 1.29 is 14.3 Å². The Balaban J connectivity index is 1.66. The van der Waals surface area contributed by atoms with Gasteiger partial charge < -0.3 is 14.8 Å². The van der Waals surface area contributed by atoms with E-state index in [2.05, 4.69) is 30.6 Å². The monoisotopic (exact) mass is 400 g/mol. The van der Waals surface area contributed by atoms with Crippen LogP contribution in [0, 0.1) is 5.92 Å². The first-order chi connectivity index (χ1) is 13.7. The Morgan fingerprint density at radius 2 is 2.21 bits per heavy atom. The van der Waals surface area contributed by atoms with Gasteiger partial charge in [0, 0.05) is 42.6 Å². The van der Waals surface area contributed by atoms with Gasteiger partial charge in [-0.25, -0.2) is 24.7 Å². The molecule has 3 aromatic heterocycles. The van der Waals surface area contributed by atoms with Crippen molar-refractivity contribution in [2.45, 2.75) is 13.3 Å². The van der Waals surface area contributed by atoms with Gasteiger partial charge in [0.25, 0.3) is 0 Å². The Bertz CT molecular complexity index is 959. The fourth-order valence-corrected chi connectivity index (χ4v) is 3.68. The van der Waals surface area contributed by atoms with Gasteiger partial charge >= 0.3 is 6.03 Å². The molecule has 0 bridgehead atoms. The fourth-order valence-electron chi connectivity index (χ4n) is 2.87. The zero-order chi connectivity index (χ0) is 19.3.